The van der Waals surface area contributed by atoms with Crippen LogP contribution in [0.4, 0.5) is 0 Å². The molecule has 37 heavy (non-hydrogen) atoms. The summed E-state index contributed by atoms with van der Waals surface area (Å²) in [6.07, 6.45) is 10.2. The van der Waals surface area contributed by atoms with E-state index in [9.17, 15) is 10.2 Å². The Balaban J connectivity index is 1.18. The van der Waals surface area contributed by atoms with E-state index >= 15 is 0 Å². The van der Waals surface area contributed by atoms with Crippen molar-refractivity contribution in [1.29, 1.82) is 0 Å². The van der Waals surface area contributed by atoms with Crippen LogP contribution in [0.2, 0.25) is 0 Å². The van der Waals surface area contributed by atoms with Crippen LogP contribution in [0.3, 0.4) is 0 Å². The third kappa shape index (κ3) is 3.04. The maximum Gasteiger partial charge on any atom is 0.170 e. The highest BCUT2D eigenvalue weighted by molar-refractivity contribution is 5.44. The van der Waals surface area contributed by atoms with Crippen LogP contribution in [0.15, 0.2) is 0 Å². The van der Waals surface area contributed by atoms with Crippen LogP contribution >= 0.6 is 0 Å². The highest BCUT2D eigenvalue weighted by Gasteiger charge is 2.85. The van der Waals surface area contributed by atoms with Crippen molar-refractivity contribution in [3.63, 3.8) is 0 Å². The van der Waals surface area contributed by atoms with Gasteiger partial charge in [0, 0.05) is 24.4 Å². The second kappa shape index (κ2) is 8.16. The van der Waals surface area contributed by atoms with E-state index in [1.54, 1.807) is 5.92 Å². The van der Waals surface area contributed by atoms with Crippen molar-refractivity contribution in [3.05, 3.63) is 18.1 Å². The predicted octanol–water partition coefficient (Wildman–Crippen LogP) is 4.41. The van der Waals surface area contributed by atoms with E-state index in [1.807, 2.05) is 0 Å². The standard InChI is InChI=1S/C31H48NO5/c1-18-14-19(16-33)36-25-24(18)28(4)10-11-31-17-30(31)9-8-22(37-23-15-32-12-13-35-23)27(2,3)20(30)6-7-21(31)29(28,5)26(25)34/h18,20,22-24,26,32-34H,6-17H2,1-5H3/t18-,20+,22?,23+,24+,26+,28-,29-,30-,31+/m1/s1. The molecule has 0 aromatic carbocycles. The van der Waals surface area contributed by atoms with Crippen molar-refractivity contribution >= 4 is 0 Å². The first-order valence-corrected chi connectivity index (χ1v) is 15.1. The Morgan fingerprint density at radius 1 is 1.11 bits per heavy atom. The summed E-state index contributed by atoms with van der Waals surface area (Å²) in [5.74, 6) is 2.94. The van der Waals surface area contributed by atoms with Gasteiger partial charge in [-0.25, -0.2) is 0 Å². The van der Waals surface area contributed by atoms with Gasteiger partial charge >= 0.3 is 0 Å². The summed E-state index contributed by atoms with van der Waals surface area (Å²) in [4.78, 5) is 0. The molecule has 3 radical (unpaired) electrons. The monoisotopic (exact) mass is 514 g/mol. The first-order chi connectivity index (χ1) is 17.5. The van der Waals surface area contributed by atoms with Gasteiger partial charge in [0.1, 0.15) is 12.2 Å². The Hall–Kier alpha value is -0.240. The largest absolute Gasteiger partial charge is 0.393 e. The van der Waals surface area contributed by atoms with E-state index in [-0.39, 0.29) is 46.6 Å². The van der Waals surface area contributed by atoms with Crippen molar-refractivity contribution in [2.75, 3.05) is 26.3 Å². The minimum absolute atomic E-state index is 0.000500. The summed E-state index contributed by atoms with van der Waals surface area (Å²) in [6.45, 7) is 14.4. The molecule has 2 spiro atoms. The number of nitrogens with one attached hydrogen (secondary N) is 1. The molecule has 207 valence electrons. The highest BCUT2D eigenvalue weighted by Crippen LogP contribution is 2.90. The van der Waals surface area contributed by atoms with E-state index < -0.39 is 6.10 Å². The van der Waals surface area contributed by atoms with Gasteiger partial charge in [0.2, 0.25) is 0 Å². The van der Waals surface area contributed by atoms with Gasteiger partial charge in [-0.1, -0.05) is 34.6 Å². The minimum atomic E-state index is -0.586. The Bertz CT molecular complexity index is 921. The molecule has 0 aromatic heterocycles. The van der Waals surface area contributed by atoms with Gasteiger partial charge in [0.05, 0.1) is 25.4 Å². The molecule has 3 N–H and O–H groups in total. The van der Waals surface area contributed by atoms with Gasteiger partial charge in [-0.2, -0.15) is 0 Å². The zero-order valence-corrected chi connectivity index (χ0v) is 23.6. The van der Waals surface area contributed by atoms with Crippen molar-refractivity contribution in [2.24, 2.45) is 44.8 Å². The van der Waals surface area contributed by atoms with E-state index in [2.05, 4.69) is 39.9 Å². The van der Waals surface area contributed by atoms with Gasteiger partial charge in [0.25, 0.3) is 0 Å². The molecule has 2 saturated heterocycles. The van der Waals surface area contributed by atoms with Crippen LogP contribution in [-0.4, -0.2) is 55.0 Å². The SMILES string of the molecule is C[C@@H]1C[C](CO)O[C]2[C@H]1[C@@]1(C)CC[C@@]34C[C@@]35CCC(O[C@H]3CNCCO3)C(C)(C)[C@@H]5CC[C]4[C@]1(C)[C@H]2O. The van der Waals surface area contributed by atoms with Gasteiger partial charge in [-0.05, 0) is 90.8 Å². The normalized spacial score (nSPS) is 55.5. The summed E-state index contributed by atoms with van der Waals surface area (Å²) >= 11 is 0. The molecule has 7 fully saturated rings. The summed E-state index contributed by atoms with van der Waals surface area (Å²) in [5, 5.41) is 25.3. The molecular weight excluding hydrogens is 466 g/mol. The topological polar surface area (TPSA) is 80.2 Å². The van der Waals surface area contributed by atoms with Crippen molar-refractivity contribution in [3.8, 4) is 0 Å². The Labute approximate surface area is 223 Å². The second-order valence-electron chi connectivity index (χ2n) is 14.9. The molecule has 1 unspecified atom stereocenters. The molecule has 7 rings (SSSR count). The lowest BCUT2D eigenvalue weighted by atomic mass is 9.41. The first-order valence-electron chi connectivity index (χ1n) is 15.1. The molecule has 5 aliphatic carbocycles. The smallest absolute Gasteiger partial charge is 0.170 e. The van der Waals surface area contributed by atoms with E-state index in [0.29, 0.717) is 17.3 Å². The summed E-state index contributed by atoms with van der Waals surface area (Å²) in [7, 11) is 0. The fourth-order valence-electron chi connectivity index (χ4n) is 11.6. The molecule has 0 bridgehead atoms. The molecule has 0 amide bonds. The minimum Gasteiger partial charge on any atom is -0.393 e. The summed E-state index contributed by atoms with van der Waals surface area (Å²) in [5.41, 5.74) is 0.456. The maximum absolute atomic E-state index is 12.1. The number of hydrogen-bond acceptors (Lipinski definition) is 6. The van der Waals surface area contributed by atoms with E-state index in [4.69, 9.17) is 14.2 Å². The second-order valence-corrected chi connectivity index (χ2v) is 14.9. The quantitative estimate of drug-likeness (QED) is 0.518. The molecule has 2 heterocycles. The Kier molecular flexibility index (Phi) is 5.67. The number of ether oxygens (including phenoxy) is 3. The predicted molar refractivity (Wildman–Crippen MR) is 139 cm³/mol. The lowest BCUT2D eigenvalue weighted by Gasteiger charge is -2.63. The number of aliphatic hydroxyl groups is 2. The third-order valence-electron chi connectivity index (χ3n) is 13.4. The maximum atomic E-state index is 12.1. The number of fused-ring (bicyclic) bond motifs is 4. The van der Waals surface area contributed by atoms with Crippen molar-refractivity contribution in [1.82, 2.24) is 5.32 Å². The average molecular weight is 515 g/mol. The molecule has 6 nitrogen and oxygen atoms in total. The lowest BCUT2D eigenvalue weighted by molar-refractivity contribution is -0.229. The van der Waals surface area contributed by atoms with Crippen LogP contribution in [-0.2, 0) is 14.2 Å². The van der Waals surface area contributed by atoms with Crippen LogP contribution < -0.4 is 5.32 Å². The summed E-state index contributed by atoms with van der Waals surface area (Å²) in [6, 6.07) is 0. The molecule has 5 saturated carbocycles. The zero-order chi connectivity index (χ0) is 26.0. The number of rotatable bonds is 3. The molecule has 6 heteroatoms. The Morgan fingerprint density at radius 3 is 2.65 bits per heavy atom. The fourth-order valence-corrected chi connectivity index (χ4v) is 11.6. The molecule has 0 aromatic rings. The zero-order valence-electron chi connectivity index (χ0n) is 23.6. The first kappa shape index (κ1) is 25.7. The van der Waals surface area contributed by atoms with E-state index in [1.165, 1.54) is 25.7 Å². The number of aliphatic hydroxyl groups excluding tert-OH is 2. The Morgan fingerprint density at radius 2 is 1.92 bits per heavy atom. The van der Waals surface area contributed by atoms with Crippen LogP contribution in [0.25, 0.3) is 0 Å². The van der Waals surface area contributed by atoms with Crippen LogP contribution in [0.1, 0.15) is 86.0 Å². The molecular formula is C31H48NO5. The van der Waals surface area contributed by atoms with E-state index in [0.717, 1.165) is 57.6 Å². The molecule has 10 atom stereocenters. The fraction of sp³-hybridized carbons (Fsp3) is 0.903. The summed E-state index contributed by atoms with van der Waals surface area (Å²) < 4.78 is 18.9. The highest BCUT2D eigenvalue weighted by atomic mass is 16.7. The van der Waals surface area contributed by atoms with Gasteiger partial charge in [0.15, 0.2) is 6.29 Å². The van der Waals surface area contributed by atoms with Crippen molar-refractivity contribution in [2.45, 2.75) is 104 Å². The molecule has 7 aliphatic rings. The average Bonchev–Trinajstić information content (AvgIpc) is 3.51. The van der Waals surface area contributed by atoms with Crippen LogP contribution in [0, 0.1) is 63.0 Å². The van der Waals surface area contributed by atoms with Gasteiger partial charge in [-0.3, -0.25) is 0 Å². The third-order valence-corrected chi connectivity index (χ3v) is 13.4. The molecule has 2 aliphatic heterocycles. The van der Waals surface area contributed by atoms with Gasteiger partial charge in [-0.15, -0.1) is 0 Å². The van der Waals surface area contributed by atoms with Crippen LogP contribution in [0.5, 0.6) is 0 Å². The number of morpholine rings is 1. The van der Waals surface area contributed by atoms with Crippen molar-refractivity contribution < 1.29 is 24.4 Å². The lowest BCUT2D eigenvalue weighted by Crippen LogP contribution is -2.59. The number of hydrogen-bond donors (Lipinski definition) is 3. The van der Waals surface area contributed by atoms with Gasteiger partial charge < -0.3 is 29.7 Å².